The summed E-state index contributed by atoms with van der Waals surface area (Å²) in [7, 11) is -3.58. The lowest BCUT2D eigenvalue weighted by molar-refractivity contribution is -0.137. The Morgan fingerprint density at radius 1 is 1.04 bits per heavy atom. The van der Waals surface area contributed by atoms with Gasteiger partial charge in [0.1, 0.15) is 0 Å². The average molecular weight is 379 g/mol. The molecule has 1 aromatic carbocycles. The van der Waals surface area contributed by atoms with Crippen molar-refractivity contribution in [2.24, 2.45) is 0 Å². The van der Waals surface area contributed by atoms with Crippen molar-refractivity contribution in [3.8, 4) is 0 Å². The predicted octanol–water partition coefficient (Wildman–Crippen LogP) is 2.63. The number of carbonyl (C=O) groups excluding carboxylic acids is 1. The number of benzene rings is 1. The van der Waals surface area contributed by atoms with E-state index in [1.165, 1.54) is 24.5 Å². The SMILES string of the molecule is O=C(O)CCCCCNC(=O)c1occc1CS(=O)(=O)c1ccccc1. The smallest absolute Gasteiger partial charge is 0.303 e. The number of carboxylic acid groups (broad SMARTS) is 1. The summed E-state index contributed by atoms with van der Waals surface area (Å²) >= 11 is 0. The molecule has 0 atom stereocenters. The largest absolute Gasteiger partial charge is 0.481 e. The number of unbranched alkanes of at least 4 members (excludes halogenated alkanes) is 2. The molecule has 0 saturated heterocycles. The summed E-state index contributed by atoms with van der Waals surface area (Å²) < 4.78 is 30.0. The number of carboxylic acids is 1. The minimum atomic E-state index is -3.58. The lowest BCUT2D eigenvalue weighted by atomic mass is 10.2. The van der Waals surface area contributed by atoms with Crippen LogP contribution >= 0.6 is 0 Å². The molecule has 2 N–H and O–H groups in total. The second-order valence-electron chi connectivity index (χ2n) is 5.81. The quantitative estimate of drug-likeness (QED) is 0.614. The number of nitrogens with one attached hydrogen (secondary N) is 1. The van der Waals surface area contributed by atoms with Crippen LogP contribution in [0.15, 0.2) is 52.0 Å². The molecular formula is C18H21NO6S. The van der Waals surface area contributed by atoms with E-state index < -0.39 is 21.7 Å². The van der Waals surface area contributed by atoms with Gasteiger partial charge >= 0.3 is 5.97 Å². The van der Waals surface area contributed by atoms with Gasteiger partial charge < -0.3 is 14.8 Å². The van der Waals surface area contributed by atoms with E-state index in [1.54, 1.807) is 18.2 Å². The molecule has 26 heavy (non-hydrogen) atoms. The summed E-state index contributed by atoms with van der Waals surface area (Å²) in [5.41, 5.74) is 0.303. The zero-order chi connectivity index (χ0) is 19.0. The standard InChI is InChI=1S/C18H21NO6S/c20-16(21)9-5-2-6-11-19-18(22)17-14(10-12-25-17)13-26(23,24)15-7-3-1-4-8-15/h1,3-4,7-8,10,12H,2,5-6,9,11,13H2,(H,19,22)(H,20,21). The Morgan fingerprint density at radius 3 is 2.46 bits per heavy atom. The summed E-state index contributed by atoms with van der Waals surface area (Å²) in [6.45, 7) is 0.365. The highest BCUT2D eigenvalue weighted by Gasteiger charge is 2.22. The van der Waals surface area contributed by atoms with Gasteiger partial charge in [-0.25, -0.2) is 8.42 Å². The van der Waals surface area contributed by atoms with Gasteiger partial charge in [-0.1, -0.05) is 24.6 Å². The van der Waals surface area contributed by atoms with E-state index in [0.717, 1.165) is 0 Å². The molecule has 0 unspecified atom stereocenters. The van der Waals surface area contributed by atoms with Crippen LogP contribution < -0.4 is 5.32 Å². The second-order valence-corrected chi connectivity index (χ2v) is 7.80. The molecule has 1 aromatic heterocycles. The Morgan fingerprint density at radius 2 is 1.77 bits per heavy atom. The van der Waals surface area contributed by atoms with Crippen LogP contribution in [0, 0.1) is 0 Å². The van der Waals surface area contributed by atoms with Gasteiger partial charge in [0.15, 0.2) is 15.6 Å². The van der Waals surface area contributed by atoms with Gasteiger partial charge in [-0.2, -0.15) is 0 Å². The fourth-order valence-electron chi connectivity index (χ4n) is 2.42. The van der Waals surface area contributed by atoms with Gasteiger partial charge in [0.2, 0.25) is 0 Å². The highest BCUT2D eigenvalue weighted by Crippen LogP contribution is 2.19. The molecule has 8 heteroatoms. The van der Waals surface area contributed by atoms with Crippen LogP contribution in [0.5, 0.6) is 0 Å². The second kappa shape index (κ2) is 9.19. The summed E-state index contributed by atoms with van der Waals surface area (Å²) in [4.78, 5) is 22.8. The lowest BCUT2D eigenvalue weighted by Crippen LogP contribution is -2.25. The Kier molecular flexibility index (Phi) is 6.97. The first-order valence-electron chi connectivity index (χ1n) is 8.24. The number of rotatable bonds is 10. The molecule has 0 radical (unpaired) electrons. The highest BCUT2D eigenvalue weighted by molar-refractivity contribution is 7.90. The van der Waals surface area contributed by atoms with E-state index >= 15 is 0 Å². The van der Waals surface area contributed by atoms with E-state index in [0.29, 0.717) is 31.4 Å². The van der Waals surface area contributed by atoms with Gasteiger partial charge in [0.25, 0.3) is 5.91 Å². The minimum Gasteiger partial charge on any atom is -0.481 e. The maximum Gasteiger partial charge on any atom is 0.303 e. The third-order valence-electron chi connectivity index (χ3n) is 3.75. The third kappa shape index (κ3) is 5.73. The van der Waals surface area contributed by atoms with Gasteiger partial charge in [0.05, 0.1) is 16.9 Å². The van der Waals surface area contributed by atoms with Crippen molar-refractivity contribution in [2.75, 3.05) is 6.54 Å². The number of aliphatic carboxylic acids is 1. The minimum absolute atomic E-state index is 0.0185. The zero-order valence-electron chi connectivity index (χ0n) is 14.2. The number of hydrogen-bond donors (Lipinski definition) is 2. The monoisotopic (exact) mass is 379 g/mol. The van der Waals surface area contributed by atoms with Gasteiger partial charge in [0, 0.05) is 18.5 Å². The van der Waals surface area contributed by atoms with Crippen molar-refractivity contribution in [1.82, 2.24) is 5.32 Å². The fourth-order valence-corrected chi connectivity index (χ4v) is 3.80. The van der Waals surface area contributed by atoms with E-state index in [9.17, 15) is 18.0 Å². The third-order valence-corrected chi connectivity index (χ3v) is 5.44. The molecule has 0 aliphatic rings. The zero-order valence-corrected chi connectivity index (χ0v) is 15.0. The number of carbonyl (C=O) groups is 2. The summed E-state index contributed by atoms with van der Waals surface area (Å²) in [6, 6.07) is 9.49. The van der Waals surface area contributed by atoms with Crippen molar-refractivity contribution in [1.29, 1.82) is 0 Å². The van der Waals surface area contributed by atoms with Crippen LogP contribution in [0.25, 0.3) is 0 Å². The van der Waals surface area contributed by atoms with Crippen LogP contribution in [0.1, 0.15) is 41.8 Å². The van der Waals surface area contributed by atoms with Crippen LogP contribution in [0.4, 0.5) is 0 Å². The van der Waals surface area contributed by atoms with Gasteiger partial charge in [-0.05, 0) is 31.0 Å². The molecule has 1 amide bonds. The van der Waals surface area contributed by atoms with E-state index in [1.807, 2.05) is 0 Å². The van der Waals surface area contributed by atoms with Crippen molar-refractivity contribution in [3.05, 3.63) is 54.0 Å². The molecule has 0 spiro atoms. The number of amides is 1. The first-order chi connectivity index (χ1) is 12.4. The van der Waals surface area contributed by atoms with Crippen LogP contribution in [0.2, 0.25) is 0 Å². The van der Waals surface area contributed by atoms with Gasteiger partial charge in [-0.3, -0.25) is 9.59 Å². The Balaban J connectivity index is 1.91. The van der Waals surface area contributed by atoms with Gasteiger partial charge in [-0.15, -0.1) is 0 Å². The maximum atomic E-state index is 12.4. The molecular weight excluding hydrogens is 358 g/mol. The Bertz CT molecular complexity index is 842. The number of furan rings is 1. The first kappa shape index (κ1) is 19.7. The molecule has 0 saturated carbocycles. The molecule has 2 aromatic rings. The van der Waals surface area contributed by atoms with E-state index in [2.05, 4.69) is 5.32 Å². The lowest BCUT2D eigenvalue weighted by Gasteiger charge is -2.06. The van der Waals surface area contributed by atoms with Crippen LogP contribution in [0.3, 0.4) is 0 Å². The molecule has 0 fully saturated rings. The van der Waals surface area contributed by atoms with E-state index in [-0.39, 0.29) is 22.8 Å². The fraction of sp³-hybridized carbons (Fsp3) is 0.333. The molecule has 140 valence electrons. The number of hydrogen-bond acceptors (Lipinski definition) is 5. The predicted molar refractivity (Wildman–Crippen MR) is 94.5 cm³/mol. The molecule has 7 nitrogen and oxygen atoms in total. The summed E-state index contributed by atoms with van der Waals surface area (Å²) in [5.74, 6) is -1.66. The van der Waals surface area contributed by atoms with Crippen molar-refractivity contribution in [2.45, 2.75) is 36.3 Å². The first-order valence-corrected chi connectivity index (χ1v) is 9.89. The Hall–Kier alpha value is -2.61. The highest BCUT2D eigenvalue weighted by atomic mass is 32.2. The molecule has 0 aliphatic carbocycles. The Labute approximate surface area is 151 Å². The summed E-state index contributed by atoms with van der Waals surface area (Å²) in [5, 5.41) is 11.2. The molecule has 0 bridgehead atoms. The maximum absolute atomic E-state index is 12.4. The molecule has 2 rings (SSSR count). The van der Waals surface area contributed by atoms with E-state index in [4.69, 9.17) is 9.52 Å². The molecule has 0 aliphatic heterocycles. The summed E-state index contributed by atoms with van der Waals surface area (Å²) in [6.07, 6.45) is 3.26. The topological polar surface area (TPSA) is 114 Å². The van der Waals surface area contributed by atoms with Crippen molar-refractivity contribution >= 4 is 21.7 Å². The number of sulfone groups is 1. The average Bonchev–Trinajstić information content (AvgIpc) is 3.06. The van der Waals surface area contributed by atoms with Crippen LogP contribution in [-0.4, -0.2) is 31.9 Å². The van der Waals surface area contributed by atoms with Crippen molar-refractivity contribution < 1.29 is 27.5 Å². The van der Waals surface area contributed by atoms with Crippen molar-refractivity contribution in [3.63, 3.8) is 0 Å². The molecule has 1 heterocycles. The van der Waals surface area contributed by atoms with Crippen LogP contribution in [-0.2, 0) is 20.4 Å². The normalized spacial score (nSPS) is 11.2.